The molecule has 1 nitrogen and oxygen atoms in total. The molecule has 0 aliphatic carbocycles. The summed E-state index contributed by atoms with van der Waals surface area (Å²) in [4.78, 5) is 0. The second-order valence-corrected chi connectivity index (χ2v) is 4.31. The van der Waals surface area contributed by atoms with E-state index in [-0.39, 0.29) is 0 Å². The zero-order chi connectivity index (χ0) is 13.7. The number of hydrogen-bond acceptors (Lipinski definition) is 1. The lowest BCUT2D eigenvalue weighted by atomic mass is 10.1. The maximum atomic E-state index is 5.83. The lowest BCUT2D eigenvalue weighted by Gasteiger charge is -1.92. The van der Waals surface area contributed by atoms with Crippen molar-refractivity contribution >= 4 is 39.1 Å². The Labute approximate surface area is 117 Å². The van der Waals surface area contributed by atoms with Gasteiger partial charge in [-0.2, -0.15) is 0 Å². The van der Waals surface area contributed by atoms with Crippen molar-refractivity contribution in [3.8, 4) is 0 Å². The van der Waals surface area contributed by atoms with Gasteiger partial charge in [0.1, 0.15) is 11.3 Å². The highest BCUT2D eigenvalue weighted by Crippen LogP contribution is 2.29. The van der Waals surface area contributed by atoms with Gasteiger partial charge in [0.15, 0.2) is 0 Å². The van der Waals surface area contributed by atoms with E-state index in [1.54, 1.807) is 0 Å². The summed E-state index contributed by atoms with van der Waals surface area (Å²) in [5, 5.41) is 1.13. The molecule has 0 unspecified atom stereocenters. The molecule has 2 aromatic rings. The first-order chi connectivity index (χ1) is 8.61. The first-order valence-electron chi connectivity index (χ1n) is 5.80. The molecule has 0 amide bonds. The Balaban J connectivity index is 0.000000771. The fourth-order valence-corrected chi connectivity index (χ4v) is 1.82. The Kier molecular flexibility index (Phi) is 5.42. The van der Waals surface area contributed by atoms with Gasteiger partial charge in [0.2, 0.25) is 0 Å². The van der Waals surface area contributed by atoms with Crippen LogP contribution in [0.1, 0.15) is 30.7 Å². The highest BCUT2D eigenvalue weighted by atomic mass is 79.9. The Morgan fingerprint density at radius 2 is 1.94 bits per heavy atom. The Morgan fingerprint density at radius 3 is 2.50 bits per heavy atom. The van der Waals surface area contributed by atoms with Crippen LogP contribution in [0.25, 0.3) is 23.1 Å². The van der Waals surface area contributed by atoms with Crippen LogP contribution in [0.2, 0.25) is 0 Å². The molecule has 0 aliphatic heterocycles. The fourth-order valence-electron chi connectivity index (χ4n) is 1.82. The number of aryl methyl sites for hydroxylation is 1. The van der Waals surface area contributed by atoms with E-state index in [4.69, 9.17) is 4.42 Å². The van der Waals surface area contributed by atoms with E-state index < -0.39 is 0 Å². The van der Waals surface area contributed by atoms with Crippen LogP contribution in [0.5, 0.6) is 0 Å². The number of fused-ring (bicyclic) bond motifs is 1. The van der Waals surface area contributed by atoms with Gasteiger partial charge < -0.3 is 4.42 Å². The molecule has 18 heavy (non-hydrogen) atoms. The van der Waals surface area contributed by atoms with Crippen LogP contribution in [0.4, 0.5) is 0 Å². The van der Waals surface area contributed by atoms with Crippen molar-refractivity contribution in [2.24, 2.45) is 0 Å². The number of hydrogen-bond donors (Lipinski definition) is 0. The van der Waals surface area contributed by atoms with E-state index in [0.717, 1.165) is 22.3 Å². The molecule has 2 rings (SSSR count). The van der Waals surface area contributed by atoms with Crippen LogP contribution < -0.4 is 0 Å². The van der Waals surface area contributed by atoms with Crippen molar-refractivity contribution in [1.82, 2.24) is 0 Å². The van der Waals surface area contributed by atoms with Crippen LogP contribution in [0.15, 0.2) is 34.8 Å². The van der Waals surface area contributed by atoms with Crippen LogP contribution in [-0.4, -0.2) is 5.83 Å². The van der Waals surface area contributed by atoms with Gasteiger partial charge in [0.25, 0.3) is 0 Å². The summed E-state index contributed by atoms with van der Waals surface area (Å²) in [5.41, 5.74) is 4.44. The Morgan fingerprint density at radius 1 is 1.28 bits per heavy atom. The predicted octanol–water partition coefficient (Wildman–Crippen LogP) is 5.82. The van der Waals surface area contributed by atoms with Crippen LogP contribution >= 0.6 is 15.9 Å². The lowest BCUT2D eigenvalue weighted by Crippen LogP contribution is -1.74. The van der Waals surface area contributed by atoms with Crippen molar-refractivity contribution in [3.05, 3.63) is 47.2 Å². The van der Waals surface area contributed by atoms with Crippen molar-refractivity contribution in [1.29, 1.82) is 0 Å². The third-order valence-electron chi connectivity index (χ3n) is 2.54. The molecule has 0 N–H and O–H groups in total. The first-order valence-corrected chi connectivity index (χ1v) is 7.38. The van der Waals surface area contributed by atoms with Gasteiger partial charge in [-0.15, -0.1) is 0 Å². The maximum absolute atomic E-state index is 5.83. The maximum Gasteiger partial charge on any atom is 0.135 e. The van der Waals surface area contributed by atoms with Gasteiger partial charge >= 0.3 is 0 Å². The summed E-state index contributed by atoms with van der Waals surface area (Å²) in [6, 6.07) is 6.25. The van der Waals surface area contributed by atoms with E-state index >= 15 is 0 Å². The van der Waals surface area contributed by atoms with Gasteiger partial charge in [-0.1, -0.05) is 46.3 Å². The van der Waals surface area contributed by atoms with Gasteiger partial charge in [-0.25, -0.2) is 0 Å². The molecular formula is C16H19BrO. The van der Waals surface area contributed by atoms with Gasteiger partial charge in [-0.05, 0) is 44.3 Å². The fraction of sp³-hybridized carbons (Fsp3) is 0.250. The zero-order valence-electron chi connectivity index (χ0n) is 11.4. The summed E-state index contributed by atoms with van der Waals surface area (Å²) in [6.45, 7) is 10.0. The van der Waals surface area contributed by atoms with Crippen molar-refractivity contribution < 1.29 is 4.42 Å². The third-order valence-corrected chi connectivity index (χ3v) is 2.54. The monoisotopic (exact) mass is 306 g/mol. The normalized spacial score (nSPS) is 9.61. The number of rotatable bonds is 2. The molecule has 1 aromatic carbocycles. The second kappa shape index (κ2) is 6.60. The number of furan rings is 1. The molecule has 0 spiro atoms. The lowest BCUT2D eigenvalue weighted by molar-refractivity contribution is 0.602. The van der Waals surface area contributed by atoms with Gasteiger partial charge in [0.05, 0.1) is 0 Å². The minimum absolute atomic E-state index is 0.899. The van der Waals surface area contributed by atoms with Crippen molar-refractivity contribution in [2.75, 3.05) is 5.83 Å². The number of halogens is 1. The molecule has 0 fully saturated rings. The topological polar surface area (TPSA) is 13.1 Å². The summed E-state index contributed by atoms with van der Waals surface area (Å²) in [7, 11) is 0. The minimum atomic E-state index is 0.899. The highest BCUT2D eigenvalue weighted by Gasteiger charge is 2.09. The molecule has 0 bridgehead atoms. The average Bonchev–Trinajstić information content (AvgIpc) is 2.66. The van der Waals surface area contributed by atoms with E-state index in [0.29, 0.717) is 0 Å². The van der Waals surface area contributed by atoms with Crippen LogP contribution in [-0.2, 0) is 0 Å². The van der Waals surface area contributed by atoms with Crippen LogP contribution in [0, 0.1) is 6.92 Å². The molecule has 0 aliphatic rings. The smallest absolute Gasteiger partial charge is 0.135 e. The molecule has 1 heterocycles. The summed E-state index contributed by atoms with van der Waals surface area (Å²) < 4.78 is 5.83. The minimum Gasteiger partial charge on any atom is -0.456 e. The molecule has 0 saturated carbocycles. The number of benzene rings is 1. The SMILES string of the molecule is C=Cc1c(C=C(C)C)oc2cc(C)ccc12.CBr. The summed E-state index contributed by atoms with van der Waals surface area (Å²) in [6.07, 6.45) is 3.91. The molecule has 96 valence electrons. The van der Waals surface area contributed by atoms with E-state index in [1.807, 2.05) is 18.0 Å². The second-order valence-electron chi connectivity index (χ2n) is 4.31. The molecule has 0 atom stereocenters. The zero-order valence-corrected chi connectivity index (χ0v) is 13.0. The molecule has 0 saturated heterocycles. The molecule has 1 aromatic heterocycles. The molecule has 2 heteroatoms. The molecular weight excluding hydrogens is 288 g/mol. The van der Waals surface area contributed by atoms with E-state index in [1.165, 1.54) is 11.1 Å². The van der Waals surface area contributed by atoms with Crippen molar-refractivity contribution in [2.45, 2.75) is 20.8 Å². The Hall–Kier alpha value is -1.28. The highest BCUT2D eigenvalue weighted by molar-refractivity contribution is 9.08. The third kappa shape index (κ3) is 3.14. The van der Waals surface area contributed by atoms with Crippen LogP contribution in [0.3, 0.4) is 0 Å². The number of alkyl halides is 1. The van der Waals surface area contributed by atoms with Crippen molar-refractivity contribution in [3.63, 3.8) is 0 Å². The van der Waals surface area contributed by atoms with E-state index in [2.05, 4.69) is 61.5 Å². The largest absolute Gasteiger partial charge is 0.456 e. The predicted molar refractivity (Wildman–Crippen MR) is 85.2 cm³/mol. The van der Waals surface area contributed by atoms with E-state index in [9.17, 15) is 0 Å². The standard InChI is InChI=1S/C15H16O.CH3Br/c1-5-12-13-7-6-11(4)9-15(13)16-14(12)8-10(2)3;1-2/h5-9H,1H2,2-4H3;1H3. The molecule has 0 radical (unpaired) electrons. The van der Waals surface area contributed by atoms with Gasteiger partial charge in [-0.3, -0.25) is 0 Å². The first kappa shape index (κ1) is 14.8. The quantitative estimate of drug-likeness (QED) is 0.637. The average molecular weight is 307 g/mol. The number of allylic oxidation sites excluding steroid dienone is 1. The summed E-state index contributed by atoms with van der Waals surface area (Å²) >= 11 is 2.94. The summed E-state index contributed by atoms with van der Waals surface area (Å²) in [5.74, 6) is 2.71. The van der Waals surface area contributed by atoms with Gasteiger partial charge in [0, 0.05) is 10.9 Å². The Bertz CT molecular complexity index is 572.